The van der Waals surface area contributed by atoms with Crippen LogP contribution in [0.15, 0.2) is 48.5 Å². The summed E-state index contributed by atoms with van der Waals surface area (Å²) < 4.78 is 61.9. The second-order valence-electron chi connectivity index (χ2n) is 7.24. The molecule has 0 amide bonds. The molecule has 0 atom stereocenters. The number of hydrogen-bond acceptors (Lipinski definition) is 6. The molecule has 0 unspecified atom stereocenters. The van der Waals surface area contributed by atoms with Gasteiger partial charge in [0.2, 0.25) is 0 Å². The molecule has 2 aromatic carbocycles. The number of nitrogens with zero attached hydrogens (tertiary/aromatic N) is 2. The summed E-state index contributed by atoms with van der Waals surface area (Å²) in [4.78, 5) is 3.77. The van der Waals surface area contributed by atoms with Gasteiger partial charge in [-0.05, 0) is 55.7 Å². The molecule has 2 radical (unpaired) electrons. The van der Waals surface area contributed by atoms with Crippen LogP contribution < -0.4 is 9.80 Å². The molecule has 0 bridgehead atoms. The molecule has 33 heavy (non-hydrogen) atoms. The Labute approximate surface area is 241 Å². The van der Waals surface area contributed by atoms with E-state index in [4.69, 9.17) is 9.11 Å². The number of rotatable bonds is 12. The molecule has 0 saturated carbocycles. The third-order valence-corrected chi connectivity index (χ3v) is 6.41. The van der Waals surface area contributed by atoms with Gasteiger partial charge in [-0.1, -0.05) is 24.3 Å². The first-order valence-electron chi connectivity index (χ1n) is 10.1. The van der Waals surface area contributed by atoms with Crippen molar-refractivity contribution in [1.82, 2.24) is 0 Å². The van der Waals surface area contributed by atoms with E-state index in [1.54, 1.807) is 0 Å². The van der Waals surface area contributed by atoms with E-state index < -0.39 is 20.2 Å². The van der Waals surface area contributed by atoms with Crippen LogP contribution >= 0.6 is 0 Å². The Hall–Kier alpha value is -0.140. The summed E-state index contributed by atoms with van der Waals surface area (Å²) in [5, 5.41) is 0. The maximum atomic E-state index is 11.0. The number of anilines is 2. The van der Waals surface area contributed by atoms with Gasteiger partial charge in [-0.15, -0.1) is 0 Å². The van der Waals surface area contributed by atoms with Crippen molar-refractivity contribution < 1.29 is 25.9 Å². The SMILES string of the molecule is CCN(CCS(=O)(=O)O)c1ccc(Cc2ccc(N(CC)CCS(=O)(=O)O)cc2)cc1.[Na].[Na]. The van der Waals surface area contributed by atoms with E-state index in [1.807, 2.05) is 72.2 Å². The van der Waals surface area contributed by atoms with Gasteiger partial charge in [-0.25, -0.2) is 0 Å². The van der Waals surface area contributed by atoms with Gasteiger partial charge in [0.25, 0.3) is 20.2 Å². The zero-order valence-electron chi connectivity index (χ0n) is 19.8. The summed E-state index contributed by atoms with van der Waals surface area (Å²) >= 11 is 0. The van der Waals surface area contributed by atoms with Crippen molar-refractivity contribution in [3.8, 4) is 0 Å². The van der Waals surface area contributed by atoms with Crippen molar-refractivity contribution in [3.63, 3.8) is 0 Å². The average molecular weight is 517 g/mol. The summed E-state index contributed by atoms with van der Waals surface area (Å²) in [7, 11) is -7.99. The molecule has 174 valence electrons. The van der Waals surface area contributed by atoms with Crippen molar-refractivity contribution in [2.45, 2.75) is 20.3 Å². The predicted octanol–water partition coefficient (Wildman–Crippen LogP) is 1.94. The quantitative estimate of drug-likeness (QED) is 0.325. The average Bonchev–Trinajstić information content (AvgIpc) is 2.69. The fourth-order valence-electron chi connectivity index (χ4n) is 3.28. The van der Waals surface area contributed by atoms with Crippen molar-refractivity contribution in [3.05, 3.63) is 59.7 Å². The van der Waals surface area contributed by atoms with Gasteiger partial charge in [-0.2, -0.15) is 16.8 Å². The molecule has 0 aromatic heterocycles. The Balaban J connectivity index is 0.00000512. The van der Waals surface area contributed by atoms with E-state index in [0.29, 0.717) is 13.1 Å². The molecule has 0 spiro atoms. The van der Waals surface area contributed by atoms with E-state index >= 15 is 0 Å². The Kier molecular flexibility index (Phi) is 15.0. The van der Waals surface area contributed by atoms with Crippen molar-refractivity contribution in [1.29, 1.82) is 0 Å². The van der Waals surface area contributed by atoms with Gasteiger partial charge in [-0.3, -0.25) is 9.11 Å². The van der Waals surface area contributed by atoms with Crippen LogP contribution in [0.25, 0.3) is 0 Å². The molecule has 0 aliphatic heterocycles. The Morgan fingerprint density at radius 2 is 0.939 bits per heavy atom. The Morgan fingerprint density at radius 3 is 1.18 bits per heavy atom. The van der Waals surface area contributed by atoms with E-state index in [0.717, 1.165) is 28.9 Å². The first kappa shape index (κ1) is 32.9. The summed E-state index contributed by atoms with van der Waals surface area (Å²) in [6.07, 6.45) is 0.717. The normalized spacial score (nSPS) is 11.3. The fraction of sp³-hybridized carbons (Fsp3) is 0.429. The molecule has 0 saturated heterocycles. The van der Waals surface area contributed by atoms with E-state index in [1.165, 1.54) is 0 Å². The molecule has 2 aromatic rings. The van der Waals surface area contributed by atoms with Crippen LogP contribution in [0.2, 0.25) is 0 Å². The second kappa shape index (κ2) is 15.1. The van der Waals surface area contributed by atoms with Crippen LogP contribution in [0.4, 0.5) is 11.4 Å². The zero-order chi connectivity index (χ0) is 23.1. The molecular weight excluding hydrogens is 486 g/mol. The van der Waals surface area contributed by atoms with E-state index in [2.05, 4.69) is 0 Å². The molecule has 8 nitrogen and oxygen atoms in total. The summed E-state index contributed by atoms with van der Waals surface area (Å²) in [5.74, 6) is -0.623. The van der Waals surface area contributed by atoms with Crippen LogP contribution in [-0.2, 0) is 26.7 Å². The standard InChI is InChI=1S/C21H30N2O6S2.2Na/c1-3-22(13-15-30(24,25)26)20-9-5-18(6-10-20)17-19-7-11-21(12-8-19)23(4-2)14-16-31(27,28)29;;/h5-12H,3-4,13-17H2,1-2H3,(H,24,25,26)(H,27,28,29);;. The minimum Gasteiger partial charge on any atom is -0.371 e. The molecule has 0 fully saturated rings. The summed E-state index contributed by atoms with van der Waals surface area (Å²) in [5.41, 5.74) is 3.98. The van der Waals surface area contributed by atoms with Gasteiger partial charge in [0.05, 0.1) is 11.5 Å². The van der Waals surface area contributed by atoms with E-state index in [-0.39, 0.29) is 83.7 Å². The minimum atomic E-state index is -4.00. The third kappa shape index (κ3) is 12.4. The third-order valence-electron chi connectivity index (χ3n) is 5.01. The van der Waals surface area contributed by atoms with Gasteiger partial charge in [0.1, 0.15) is 0 Å². The Morgan fingerprint density at radius 1 is 0.636 bits per heavy atom. The predicted molar refractivity (Wildman–Crippen MR) is 136 cm³/mol. The summed E-state index contributed by atoms with van der Waals surface area (Å²) in [6.45, 7) is 5.55. The van der Waals surface area contributed by atoms with Crippen LogP contribution in [0, 0.1) is 0 Å². The first-order valence-corrected chi connectivity index (χ1v) is 13.3. The van der Waals surface area contributed by atoms with Crippen LogP contribution in [-0.4, -0.2) is 123 Å². The van der Waals surface area contributed by atoms with E-state index in [9.17, 15) is 16.8 Å². The van der Waals surface area contributed by atoms with Crippen molar-refractivity contribution in [2.24, 2.45) is 0 Å². The smallest absolute Gasteiger partial charge is 0.266 e. The van der Waals surface area contributed by atoms with Crippen molar-refractivity contribution in [2.75, 3.05) is 47.5 Å². The molecule has 0 aliphatic rings. The van der Waals surface area contributed by atoms with Gasteiger partial charge < -0.3 is 9.80 Å². The van der Waals surface area contributed by atoms with Gasteiger partial charge >= 0.3 is 0 Å². The maximum Gasteiger partial charge on any atom is 0.266 e. The summed E-state index contributed by atoms with van der Waals surface area (Å²) in [6, 6.07) is 15.7. The second-order valence-corrected chi connectivity index (χ2v) is 10.4. The number of benzene rings is 2. The number of hydrogen-bond donors (Lipinski definition) is 2. The van der Waals surface area contributed by atoms with Gasteiger partial charge in [0, 0.05) is 96.7 Å². The van der Waals surface area contributed by atoms with Crippen LogP contribution in [0.3, 0.4) is 0 Å². The topological polar surface area (TPSA) is 115 Å². The molecule has 12 heteroatoms. The molecule has 0 heterocycles. The molecular formula is C21H30N2Na2O6S2. The van der Waals surface area contributed by atoms with Crippen molar-refractivity contribution >= 4 is 90.7 Å². The van der Waals surface area contributed by atoms with Gasteiger partial charge in [0.15, 0.2) is 0 Å². The fourth-order valence-corrected chi connectivity index (χ4v) is 4.18. The van der Waals surface area contributed by atoms with Crippen LogP contribution in [0.1, 0.15) is 25.0 Å². The molecule has 0 aliphatic carbocycles. The Bertz CT molecular complexity index is 962. The molecule has 2 rings (SSSR count). The first-order chi connectivity index (χ1) is 14.5. The largest absolute Gasteiger partial charge is 0.371 e. The maximum absolute atomic E-state index is 11.0. The molecule has 2 N–H and O–H groups in total. The minimum absolute atomic E-state index is 0. The van der Waals surface area contributed by atoms with Crippen LogP contribution in [0.5, 0.6) is 0 Å². The zero-order valence-corrected chi connectivity index (χ0v) is 25.4. The monoisotopic (exact) mass is 516 g/mol.